The maximum absolute atomic E-state index is 3.54. The number of rotatable bonds is 2. The van der Waals surface area contributed by atoms with Crippen molar-refractivity contribution in [3.63, 3.8) is 0 Å². The van der Waals surface area contributed by atoms with Gasteiger partial charge in [0.05, 0.1) is 0 Å². The van der Waals surface area contributed by atoms with Gasteiger partial charge in [-0.05, 0) is 30.9 Å². The molecule has 0 atom stereocenters. The highest BCUT2D eigenvalue weighted by Gasteiger charge is 1.58. The van der Waals surface area contributed by atoms with E-state index in [9.17, 15) is 0 Å². The van der Waals surface area contributed by atoms with Crippen LogP contribution < -0.4 is 0 Å². The van der Waals surface area contributed by atoms with Gasteiger partial charge in [-0.3, -0.25) is 0 Å². The van der Waals surface area contributed by atoms with Crippen LogP contribution in [0.3, 0.4) is 0 Å². The van der Waals surface area contributed by atoms with Crippen molar-refractivity contribution >= 4 is 0 Å². The lowest BCUT2D eigenvalue weighted by Crippen LogP contribution is -1.52. The summed E-state index contributed by atoms with van der Waals surface area (Å²) in [6.45, 7) is 5.46. The first-order valence-electron chi connectivity index (χ1n) is 3.98. The zero-order chi connectivity index (χ0) is 9.78. The van der Waals surface area contributed by atoms with E-state index in [1.807, 2.05) is 31.2 Å². The van der Waals surface area contributed by atoms with Crippen LogP contribution in [0.15, 0.2) is 49.1 Å². The molecule has 0 aliphatic heterocycles. The Hall–Kier alpha value is -1.92. The monoisotopic (exact) mass is 168 g/mol. The molecule has 0 saturated heterocycles. The molecule has 0 spiro atoms. The average Bonchev–Trinajstić information content (AvgIpc) is 2.16. The summed E-state index contributed by atoms with van der Waals surface area (Å²) in [6.07, 6.45) is 12.6. The molecule has 0 aromatic carbocycles. The van der Waals surface area contributed by atoms with Gasteiger partial charge in [-0.25, -0.2) is 0 Å². The van der Waals surface area contributed by atoms with Crippen LogP contribution >= 0.6 is 0 Å². The van der Waals surface area contributed by atoms with Crippen LogP contribution in [-0.2, 0) is 0 Å². The quantitative estimate of drug-likeness (QED) is 0.439. The summed E-state index contributed by atoms with van der Waals surface area (Å²) >= 11 is 0. The second kappa shape index (κ2) is 10.1. The molecule has 0 aliphatic rings. The molecule has 0 fully saturated rings. The summed E-state index contributed by atoms with van der Waals surface area (Å²) < 4.78 is 0. The van der Waals surface area contributed by atoms with Gasteiger partial charge in [-0.2, -0.15) is 0 Å². The predicted molar refractivity (Wildman–Crippen MR) is 58.8 cm³/mol. The Bertz CT molecular complexity index is 330. The highest BCUT2D eigenvalue weighted by molar-refractivity contribution is 5.34. The second-order valence-corrected chi connectivity index (χ2v) is 2.02. The van der Waals surface area contributed by atoms with Crippen molar-refractivity contribution < 1.29 is 0 Å². The fraction of sp³-hybridized carbons (Fsp3) is 0.0769. The Balaban J connectivity index is 3.88. The molecule has 0 aromatic heterocycles. The van der Waals surface area contributed by atoms with Crippen LogP contribution in [0.1, 0.15) is 6.92 Å². The standard InChI is InChI=1S/C13H12/c1-3-5-7-9-11-13-12-10-8-6-4-2/h3-7,9,11H,1H2,2H3/b6-4+,7-5-,11-9+. The molecule has 0 nitrogen and oxygen atoms in total. The third-order valence-corrected chi connectivity index (χ3v) is 0.995. The van der Waals surface area contributed by atoms with Crippen molar-refractivity contribution in [3.05, 3.63) is 49.1 Å². The highest BCUT2D eigenvalue weighted by Crippen LogP contribution is 1.75. The van der Waals surface area contributed by atoms with Crippen molar-refractivity contribution in [2.45, 2.75) is 6.92 Å². The van der Waals surface area contributed by atoms with E-state index in [1.54, 1.807) is 18.2 Å². The van der Waals surface area contributed by atoms with Crippen LogP contribution in [0.5, 0.6) is 0 Å². The number of hydrogen-bond acceptors (Lipinski definition) is 0. The molecule has 0 N–H and O–H groups in total. The van der Waals surface area contributed by atoms with E-state index in [4.69, 9.17) is 0 Å². The molecule has 13 heavy (non-hydrogen) atoms. The van der Waals surface area contributed by atoms with Crippen LogP contribution in [0.25, 0.3) is 0 Å². The van der Waals surface area contributed by atoms with E-state index in [0.29, 0.717) is 0 Å². The average molecular weight is 168 g/mol. The molecule has 0 heteroatoms. The molecule has 0 saturated carbocycles. The SMILES string of the molecule is C=C/C=C\C=C\C#CC#C/C=C/C. The van der Waals surface area contributed by atoms with Gasteiger partial charge in [0.15, 0.2) is 0 Å². The molecule has 0 heterocycles. The first-order valence-corrected chi connectivity index (χ1v) is 3.98. The Morgan fingerprint density at radius 2 is 1.62 bits per heavy atom. The maximum Gasteiger partial charge on any atom is -0.0102 e. The van der Waals surface area contributed by atoms with Gasteiger partial charge in [0, 0.05) is 0 Å². The highest BCUT2D eigenvalue weighted by atomic mass is 13.6. The molecule has 0 amide bonds. The first kappa shape index (κ1) is 11.1. The zero-order valence-corrected chi connectivity index (χ0v) is 7.75. The zero-order valence-electron chi connectivity index (χ0n) is 7.75. The molecule has 64 valence electrons. The molecular formula is C13H12. The van der Waals surface area contributed by atoms with Crippen molar-refractivity contribution in [1.82, 2.24) is 0 Å². The van der Waals surface area contributed by atoms with E-state index in [-0.39, 0.29) is 0 Å². The Morgan fingerprint density at radius 3 is 2.23 bits per heavy atom. The van der Waals surface area contributed by atoms with Crippen molar-refractivity contribution in [2.75, 3.05) is 0 Å². The first-order chi connectivity index (χ1) is 6.41. The maximum atomic E-state index is 3.54. The lowest BCUT2D eigenvalue weighted by atomic mass is 10.4. The summed E-state index contributed by atoms with van der Waals surface area (Å²) in [6, 6.07) is 0. The summed E-state index contributed by atoms with van der Waals surface area (Å²) in [7, 11) is 0. The Labute approximate surface area is 80.4 Å². The second-order valence-electron chi connectivity index (χ2n) is 2.02. The predicted octanol–water partition coefficient (Wildman–Crippen LogP) is 2.87. The normalized spacial score (nSPS) is 9.62. The van der Waals surface area contributed by atoms with Gasteiger partial charge >= 0.3 is 0 Å². The van der Waals surface area contributed by atoms with E-state index < -0.39 is 0 Å². The Kier molecular flexibility index (Phi) is 8.59. The van der Waals surface area contributed by atoms with Gasteiger partial charge in [0.2, 0.25) is 0 Å². The van der Waals surface area contributed by atoms with Gasteiger partial charge in [0.1, 0.15) is 0 Å². The topological polar surface area (TPSA) is 0 Å². The van der Waals surface area contributed by atoms with Crippen LogP contribution in [-0.4, -0.2) is 0 Å². The van der Waals surface area contributed by atoms with Crippen molar-refractivity contribution in [1.29, 1.82) is 0 Å². The minimum Gasteiger partial charge on any atom is -0.0991 e. The minimum atomic E-state index is 1.71. The third-order valence-electron chi connectivity index (χ3n) is 0.995. The van der Waals surface area contributed by atoms with E-state index in [1.165, 1.54) is 0 Å². The summed E-state index contributed by atoms with van der Waals surface area (Å²) in [4.78, 5) is 0. The fourth-order valence-electron chi connectivity index (χ4n) is 0.485. The summed E-state index contributed by atoms with van der Waals surface area (Å²) in [5, 5.41) is 0. The van der Waals surface area contributed by atoms with E-state index >= 15 is 0 Å². The summed E-state index contributed by atoms with van der Waals surface area (Å²) in [5.41, 5.74) is 0. The third kappa shape index (κ3) is 10.1. The van der Waals surface area contributed by atoms with Crippen LogP contribution in [0.4, 0.5) is 0 Å². The molecule has 0 rings (SSSR count). The van der Waals surface area contributed by atoms with Crippen molar-refractivity contribution in [3.8, 4) is 23.7 Å². The fourth-order valence-corrected chi connectivity index (χ4v) is 0.485. The van der Waals surface area contributed by atoms with Gasteiger partial charge in [-0.15, -0.1) is 0 Å². The number of allylic oxidation sites excluding steroid dienone is 7. The van der Waals surface area contributed by atoms with Gasteiger partial charge < -0.3 is 0 Å². The summed E-state index contributed by atoms with van der Waals surface area (Å²) in [5.74, 6) is 10.9. The lowest BCUT2D eigenvalue weighted by molar-refractivity contribution is 1.76. The van der Waals surface area contributed by atoms with Crippen LogP contribution in [0.2, 0.25) is 0 Å². The smallest absolute Gasteiger partial charge is 0.0102 e. The van der Waals surface area contributed by atoms with E-state index in [2.05, 4.69) is 30.3 Å². The molecule has 0 aromatic rings. The molecule has 0 aliphatic carbocycles. The van der Waals surface area contributed by atoms with Gasteiger partial charge in [-0.1, -0.05) is 48.8 Å². The minimum absolute atomic E-state index is 1.71. The number of hydrogen-bond donors (Lipinski definition) is 0. The van der Waals surface area contributed by atoms with Crippen molar-refractivity contribution in [2.24, 2.45) is 0 Å². The van der Waals surface area contributed by atoms with E-state index in [0.717, 1.165) is 0 Å². The van der Waals surface area contributed by atoms with Crippen LogP contribution in [0, 0.1) is 23.7 Å². The molecule has 0 radical (unpaired) electrons. The van der Waals surface area contributed by atoms with Gasteiger partial charge in [0.25, 0.3) is 0 Å². The molecule has 0 unspecified atom stereocenters. The largest absolute Gasteiger partial charge is 0.0991 e. The molecular weight excluding hydrogens is 156 g/mol. The lowest BCUT2D eigenvalue weighted by Gasteiger charge is -1.67. The Morgan fingerprint density at radius 1 is 0.923 bits per heavy atom. The molecule has 0 bridgehead atoms.